The van der Waals surface area contributed by atoms with Crippen LogP contribution in [0.2, 0.25) is 0 Å². The second kappa shape index (κ2) is 6.42. The molecule has 0 aliphatic rings. The van der Waals surface area contributed by atoms with E-state index in [1.165, 1.54) is 0 Å². The predicted molar refractivity (Wildman–Crippen MR) is 92.4 cm³/mol. The molecule has 0 aliphatic carbocycles. The molecule has 0 aliphatic heterocycles. The number of anilines is 1. The third kappa shape index (κ3) is 2.92. The van der Waals surface area contributed by atoms with Gasteiger partial charge in [0.2, 0.25) is 0 Å². The standard InChI is InChI=1S/C19H16N2O3/c20-17-15(19(23)24-11-12-6-2-1-3-7-12)10-13-8-4-5-9-14(13)16(17)18(21)22/h1-10H,11,20H2,(H2,21,22). The molecule has 0 bridgehead atoms. The average molecular weight is 320 g/mol. The van der Waals surface area contributed by atoms with Gasteiger partial charge in [0.25, 0.3) is 5.91 Å². The van der Waals surface area contributed by atoms with Gasteiger partial charge in [-0.3, -0.25) is 4.79 Å². The number of benzene rings is 3. The molecule has 0 radical (unpaired) electrons. The Bertz CT molecular complexity index is 921. The molecule has 0 fully saturated rings. The molecular weight excluding hydrogens is 304 g/mol. The fourth-order valence-electron chi connectivity index (χ4n) is 2.60. The van der Waals surface area contributed by atoms with E-state index in [1.807, 2.05) is 36.4 Å². The minimum Gasteiger partial charge on any atom is -0.457 e. The molecule has 1 amide bonds. The monoisotopic (exact) mass is 320 g/mol. The van der Waals surface area contributed by atoms with Crippen molar-refractivity contribution in [2.24, 2.45) is 5.73 Å². The van der Waals surface area contributed by atoms with Gasteiger partial charge in [-0.05, 0) is 22.4 Å². The highest BCUT2D eigenvalue weighted by Gasteiger charge is 2.20. The average Bonchev–Trinajstić information content (AvgIpc) is 2.59. The van der Waals surface area contributed by atoms with Crippen molar-refractivity contribution in [3.8, 4) is 0 Å². The zero-order valence-electron chi connectivity index (χ0n) is 12.9. The largest absolute Gasteiger partial charge is 0.457 e. The Morgan fingerprint density at radius 2 is 1.62 bits per heavy atom. The number of ether oxygens (including phenoxy) is 1. The molecule has 24 heavy (non-hydrogen) atoms. The number of fused-ring (bicyclic) bond motifs is 1. The fourth-order valence-corrected chi connectivity index (χ4v) is 2.60. The van der Waals surface area contributed by atoms with E-state index in [1.54, 1.807) is 24.3 Å². The van der Waals surface area contributed by atoms with Crippen molar-refractivity contribution in [1.29, 1.82) is 0 Å². The first-order valence-corrected chi connectivity index (χ1v) is 7.40. The van der Waals surface area contributed by atoms with Crippen LogP contribution in [0.4, 0.5) is 5.69 Å². The smallest absolute Gasteiger partial charge is 0.340 e. The third-order valence-electron chi connectivity index (χ3n) is 3.77. The van der Waals surface area contributed by atoms with Gasteiger partial charge in [0.1, 0.15) is 6.61 Å². The van der Waals surface area contributed by atoms with Gasteiger partial charge in [-0.2, -0.15) is 0 Å². The summed E-state index contributed by atoms with van der Waals surface area (Å²) in [4.78, 5) is 24.2. The van der Waals surface area contributed by atoms with Crippen LogP contribution in [0, 0.1) is 0 Å². The summed E-state index contributed by atoms with van der Waals surface area (Å²) in [6, 6.07) is 18.0. The first-order chi connectivity index (χ1) is 11.6. The van der Waals surface area contributed by atoms with Crippen molar-refractivity contribution in [2.75, 3.05) is 5.73 Å². The number of esters is 1. The fraction of sp³-hybridized carbons (Fsp3) is 0.0526. The first kappa shape index (κ1) is 15.6. The van der Waals surface area contributed by atoms with Crippen LogP contribution in [0.5, 0.6) is 0 Å². The summed E-state index contributed by atoms with van der Waals surface area (Å²) in [5, 5.41) is 1.31. The minimum atomic E-state index is -0.679. The Morgan fingerprint density at radius 3 is 2.33 bits per heavy atom. The van der Waals surface area contributed by atoms with E-state index in [9.17, 15) is 9.59 Å². The number of hydrogen-bond acceptors (Lipinski definition) is 4. The lowest BCUT2D eigenvalue weighted by Gasteiger charge is -2.12. The summed E-state index contributed by atoms with van der Waals surface area (Å²) in [5.74, 6) is -1.27. The molecule has 3 rings (SSSR count). The Hall–Kier alpha value is -3.34. The van der Waals surface area contributed by atoms with Crippen LogP contribution in [0.15, 0.2) is 60.7 Å². The highest BCUT2D eigenvalue weighted by Crippen LogP contribution is 2.28. The normalized spacial score (nSPS) is 10.5. The van der Waals surface area contributed by atoms with Crippen LogP contribution in [-0.2, 0) is 11.3 Å². The summed E-state index contributed by atoms with van der Waals surface area (Å²) in [6.45, 7) is 0.123. The first-order valence-electron chi connectivity index (χ1n) is 7.40. The number of nitrogen functional groups attached to an aromatic ring is 1. The van der Waals surface area contributed by atoms with E-state index in [0.717, 1.165) is 5.56 Å². The van der Waals surface area contributed by atoms with E-state index in [2.05, 4.69) is 0 Å². The number of nitrogens with two attached hydrogens (primary N) is 2. The zero-order chi connectivity index (χ0) is 17.1. The Kier molecular flexibility index (Phi) is 4.16. The van der Waals surface area contributed by atoms with Crippen molar-refractivity contribution < 1.29 is 14.3 Å². The van der Waals surface area contributed by atoms with E-state index in [0.29, 0.717) is 10.8 Å². The van der Waals surface area contributed by atoms with Crippen molar-refractivity contribution in [3.63, 3.8) is 0 Å². The lowest BCUT2D eigenvalue weighted by molar-refractivity contribution is 0.0474. The van der Waals surface area contributed by atoms with Gasteiger partial charge in [-0.1, -0.05) is 54.6 Å². The number of primary amides is 1. The van der Waals surface area contributed by atoms with Crippen molar-refractivity contribution >= 4 is 28.3 Å². The number of hydrogen-bond donors (Lipinski definition) is 2. The summed E-state index contributed by atoms with van der Waals surface area (Å²) in [7, 11) is 0. The Labute approximate surface area is 138 Å². The van der Waals surface area contributed by atoms with Gasteiger partial charge in [0.05, 0.1) is 16.8 Å². The molecule has 0 saturated heterocycles. The van der Waals surface area contributed by atoms with Gasteiger partial charge >= 0.3 is 5.97 Å². The quantitative estimate of drug-likeness (QED) is 0.571. The molecule has 0 unspecified atom stereocenters. The van der Waals surface area contributed by atoms with Crippen molar-refractivity contribution in [2.45, 2.75) is 6.61 Å². The number of carbonyl (C=O) groups excluding carboxylic acids is 2. The highest BCUT2D eigenvalue weighted by atomic mass is 16.5. The van der Waals surface area contributed by atoms with Crippen LogP contribution < -0.4 is 11.5 Å². The van der Waals surface area contributed by atoms with E-state index < -0.39 is 11.9 Å². The van der Waals surface area contributed by atoms with Crippen molar-refractivity contribution in [1.82, 2.24) is 0 Å². The van der Waals surface area contributed by atoms with E-state index in [4.69, 9.17) is 16.2 Å². The molecule has 0 saturated carbocycles. The van der Waals surface area contributed by atoms with Gasteiger partial charge in [-0.15, -0.1) is 0 Å². The molecule has 5 heteroatoms. The predicted octanol–water partition coefficient (Wildman–Crippen LogP) is 2.88. The van der Waals surface area contributed by atoms with Gasteiger partial charge in [0.15, 0.2) is 0 Å². The molecule has 0 aromatic heterocycles. The number of rotatable bonds is 4. The number of amides is 1. The molecule has 120 valence electrons. The maximum absolute atomic E-state index is 12.4. The molecule has 5 nitrogen and oxygen atoms in total. The topological polar surface area (TPSA) is 95.4 Å². The number of carbonyl (C=O) groups is 2. The lowest BCUT2D eigenvalue weighted by Crippen LogP contribution is -2.17. The summed E-state index contributed by atoms with van der Waals surface area (Å²) < 4.78 is 5.31. The zero-order valence-corrected chi connectivity index (χ0v) is 12.9. The summed E-state index contributed by atoms with van der Waals surface area (Å²) in [5.41, 5.74) is 12.6. The molecule has 0 heterocycles. The third-order valence-corrected chi connectivity index (χ3v) is 3.77. The highest BCUT2D eigenvalue weighted by molar-refractivity contribution is 6.15. The molecule has 4 N–H and O–H groups in total. The van der Waals surface area contributed by atoms with Crippen LogP contribution >= 0.6 is 0 Å². The Morgan fingerprint density at radius 1 is 0.958 bits per heavy atom. The van der Waals surface area contributed by atoms with Crippen LogP contribution in [0.25, 0.3) is 10.8 Å². The molecule has 3 aromatic carbocycles. The second-order valence-corrected chi connectivity index (χ2v) is 5.36. The molecule has 0 atom stereocenters. The summed E-state index contributed by atoms with van der Waals surface area (Å²) in [6.07, 6.45) is 0. The van der Waals surface area contributed by atoms with Gasteiger partial charge in [0, 0.05) is 0 Å². The van der Waals surface area contributed by atoms with Gasteiger partial charge in [-0.25, -0.2) is 4.79 Å². The molecular formula is C19H16N2O3. The SMILES string of the molecule is NC(=O)c1c(N)c(C(=O)OCc2ccccc2)cc2ccccc12. The maximum Gasteiger partial charge on any atom is 0.340 e. The second-order valence-electron chi connectivity index (χ2n) is 5.36. The maximum atomic E-state index is 12.4. The van der Waals surface area contributed by atoms with Crippen LogP contribution in [0.3, 0.4) is 0 Å². The van der Waals surface area contributed by atoms with Crippen LogP contribution in [0.1, 0.15) is 26.3 Å². The Balaban J connectivity index is 1.98. The summed E-state index contributed by atoms with van der Waals surface area (Å²) >= 11 is 0. The lowest BCUT2D eigenvalue weighted by atomic mass is 9.98. The van der Waals surface area contributed by atoms with Crippen molar-refractivity contribution in [3.05, 3.63) is 77.4 Å². The molecule has 3 aromatic rings. The van der Waals surface area contributed by atoms with E-state index in [-0.39, 0.29) is 23.4 Å². The van der Waals surface area contributed by atoms with Gasteiger partial charge < -0.3 is 16.2 Å². The minimum absolute atomic E-state index is 0.0410. The molecule has 0 spiro atoms. The van der Waals surface area contributed by atoms with E-state index >= 15 is 0 Å². The van der Waals surface area contributed by atoms with Crippen LogP contribution in [-0.4, -0.2) is 11.9 Å².